The maximum Gasteiger partial charge on any atom is 0.339 e. The van der Waals surface area contributed by atoms with Gasteiger partial charge in [0.25, 0.3) is 0 Å². The first-order valence-corrected chi connectivity index (χ1v) is 8.23. The molecule has 7 heteroatoms. The predicted molar refractivity (Wildman–Crippen MR) is 74.8 cm³/mol. The van der Waals surface area contributed by atoms with E-state index in [0.717, 1.165) is 17.8 Å². The van der Waals surface area contributed by atoms with Crippen LogP contribution in [0.1, 0.15) is 43.1 Å². The third-order valence-corrected chi connectivity index (χ3v) is 5.24. The lowest BCUT2D eigenvalue weighted by molar-refractivity contribution is 0.0464. The van der Waals surface area contributed by atoms with Crippen LogP contribution in [0.5, 0.6) is 0 Å². The van der Waals surface area contributed by atoms with Gasteiger partial charge in [0.05, 0.1) is 12.2 Å². The topological polar surface area (TPSA) is 86.5 Å². The Morgan fingerprint density at radius 1 is 1.42 bits per heavy atom. The molecule has 0 fully saturated rings. The van der Waals surface area contributed by atoms with E-state index in [-0.39, 0.29) is 15.2 Å². The number of primary sulfonamides is 1. The molecule has 0 spiro atoms. The molecular weight excluding hydrogens is 286 g/mol. The third kappa shape index (κ3) is 4.59. The van der Waals surface area contributed by atoms with Gasteiger partial charge in [-0.25, -0.2) is 18.4 Å². The van der Waals surface area contributed by atoms with E-state index in [2.05, 4.69) is 20.8 Å². The number of carbonyl (C=O) groups excluding carboxylic acids is 1. The number of rotatable bonds is 4. The molecule has 19 heavy (non-hydrogen) atoms. The molecule has 0 aliphatic carbocycles. The Bertz CT molecular complexity index is 567. The average Bonchev–Trinajstić information content (AvgIpc) is 2.57. The van der Waals surface area contributed by atoms with Gasteiger partial charge in [0, 0.05) is 5.38 Å². The van der Waals surface area contributed by atoms with Gasteiger partial charge < -0.3 is 4.74 Å². The molecule has 0 aliphatic rings. The van der Waals surface area contributed by atoms with Gasteiger partial charge in [0.1, 0.15) is 4.21 Å². The number of hydrogen-bond donors (Lipinski definition) is 1. The standard InChI is InChI=1S/C12H19NO4S2/c1-8-9(7-18-11(8)19(13,15)16)10(14)17-6-5-12(2,3)4/h7H,5-6H2,1-4H3,(H2,13,15,16). The van der Waals surface area contributed by atoms with Crippen LogP contribution in [0.15, 0.2) is 9.59 Å². The largest absolute Gasteiger partial charge is 0.462 e. The minimum absolute atomic E-state index is 0.00951. The Morgan fingerprint density at radius 3 is 2.42 bits per heavy atom. The predicted octanol–water partition coefficient (Wildman–Crippen LogP) is 2.30. The fourth-order valence-electron chi connectivity index (χ4n) is 1.41. The van der Waals surface area contributed by atoms with Crippen molar-refractivity contribution in [3.05, 3.63) is 16.5 Å². The Labute approximate surface area is 117 Å². The van der Waals surface area contributed by atoms with Crippen LogP contribution >= 0.6 is 11.3 Å². The van der Waals surface area contributed by atoms with E-state index in [9.17, 15) is 13.2 Å². The summed E-state index contributed by atoms with van der Waals surface area (Å²) >= 11 is 0.937. The first-order valence-electron chi connectivity index (χ1n) is 5.80. The minimum atomic E-state index is -3.78. The second-order valence-electron chi connectivity index (χ2n) is 5.55. The summed E-state index contributed by atoms with van der Waals surface area (Å²) in [6, 6.07) is 0. The molecular formula is C12H19NO4S2. The van der Waals surface area contributed by atoms with Crippen LogP contribution in [0.3, 0.4) is 0 Å². The first kappa shape index (κ1) is 16.1. The van der Waals surface area contributed by atoms with Crippen molar-refractivity contribution < 1.29 is 17.9 Å². The maximum absolute atomic E-state index is 11.8. The van der Waals surface area contributed by atoms with Crippen molar-refractivity contribution in [2.24, 2.45) is 10.6 Å². The molecule has 1 heterocycles. The Balaban J connectivity index is 2.77. The van der Waals surface area contributed by atoms with Crippen molar-refractivity contribution in [2.45, 2.75) is 38.3 Å². The molecule has 0 radical (unpaired) electrons. The van der Waals surface area contributed by atoms with Crippen LogP contribution in [-0.2, 0) is 14.8 Å². The lowest BCUT2D eigenvalue weighted by Gasteiger charge is -2.17. The highest BCUT2D eigenvalue weighted by Crippen LogP contribution is 2.26. The molecule has 0 aliphatic heterocycles. The summed E-state index contributed by atoms with van der Waals surface area (Å²) in [4.78, 5) is 11.8. The molecule has 0 amide bonds. The molecule has 5 nitrogen and oxygen atoms in total. The van der Waals surface area contributed by atoms with E-state index in [1.54, 1.807) is 6.92 Å². The Hall–Kier alpha value is -0.920. The molecule has 0 aromatic carbocycles. The van der Waals surface area contributed by atoms with E-state index >= 15 is 0 Å². The van der Waals surface area contributed by atoms with Crippen molar-refractivity contribution in [3.8, 4) is 0 Å². The number of carbonyl (C=O) groups is 1. The number of nitrogens with two attached hydrogens (primary N) is 1. The first-order chi connectivity index (χ1) is 8.52. The van der Waals surface area contributed by atoms with Crippen LogP contribution in [-0.4, -0.2) is 21.0 Å². The SMILES string of the molecule is Cc1c(C(=O)OCCC(C)(C)C)csc1S(N)(=O)=O. The molecule has 1 rings (SSSR count). The van der Waals surface area contributed by atoms with E-state index in [1.165, 1.54) is 5.38 Å². The number of esters is 1. The highest BCUT2D eigenvalue weighted by Gasteiger charge is 2.22. The summed E-state index contributed by atoms with van der Waals surface area (Å²) < 4.78 is 27.7. The smallest absolute Gasteiger partial charge is 0.339 e. The molecule has 0 bridgehead atoms. The molecule has 0 unspecified atom stereocenters. The van der Waals surface area contributed by atoms with Gasteiger partial charge in [0.2, 0.25) is 10.0 Å². The summed E-state index contributed by atoms with van der Waals surface area (Å²) in [6.45, 7) is 8.01. The molecule has 1 aromatic rings. The van der Waals surface area contributed by atoms with Gasteiger partial charge in [-0.3, -0.25) is 0 Å². The van der Waals surface area contributed by atoms with Gasteiger partial charge in [0.15, 0.2) is 0 Å². The van der Waals surface area contributed by atoms with Crippen LogP contribution in [0.25, 0.3) is 0 Å². The van der Waals surface area contributed by atoms with Crippen molar-refractivity contribution in [1.82, 2.24) is 0 Å². The van der Waals surface area contributed by atoms with Crippen LogP contribution in [0, 0.1) is 12.3 Å². The normalized spacial score (nSPS) is 12.5. The zero-order valence-corrected chi connectivity index (χ0v) is 13.2. The second-order valence-corrected chi connectivity index (χ2v) is 8.19. The number of thiophene rings is 1. The lowest BCUT2D eigenvalue weighted by atomic mass is 9.93. The molecule has 1 aromatic heterocycles. The molecule has 0 saturated heterocycles. The van der Waals surface area contributed by atoms with Gasteiger partial charge in [-0.05, 0) is 24.3 Å². The lowest BCUT2D eigenvalue weighted by Crippen LogP contribution is -2.14. The fourth-order valence-corrected chi connectivity index (χ4v) is 3.41. The summed E-state index contributed by atoms with van der Waals surface area (Å²) in [5.74, 6) is -0.507. The van der Waals surface area contributed by atoms with Crippen molar-refractivity contribution in [3.63, 3.8) is 0 Å². The van der Waals surface area contributed by atoms with Crippen molar-refractivity contribution in [1.29, 1.82) is 0 Å². The molecule has 2 N–H and O–H groups in total. The van der Waals surface area contributed by atoms with E-state index < -0.39 is 16.0 Å². The van der Waals surface area contributed by atoms with E-state index in [0.29, 0.717) is 12.2 Å². The van der Waals surface area contributed by atoms with Crippen LogP contribution in [0.4, 0.5) is 0 Å². The second kappa shape index (κ2) is 5.60. The highest BCUT2D eigenvalue weighted by molar-refractivity contribution is 7.91. The number of ether oxygens (including phenoxy) is 1. The zero-order valence-electron chi connectivity index (χ0n) is 11.5. The third-order valence-electron chi connectivity index (χ3n) is 2.56. The number of sulfonamides is 1. The van der Waals surface area contributed by atoms with Crippen molar-refractivity contribution in [2.75, 3.05) is 6.61 Å². The van der Waals surface area contributed by atoms with Crippen LogP contribution in [0.2, 0.25) is 0 Å². The quantitative estimate of drug-likeness (QED) is 0.865. The Kier molecular flexibility index (Phi) is 4.76. The summed E-state index contributed by atoms with van der Waals surface area (Å²) in [5, 5.41) is 6.53. The van der Waals surface area contributed by atoms with Gasteiger partial charge in [-0.2, -0.15) is 0 Å². The molecule has 0 saturated carbocycles. The van der Waals surface area contributed by atoms with E-state index in [4.69, 9.17) is 9.88 Å². The Morgan fingerprint density at radius 2 is 2.00 bits per heavy atom. The molecule has 0 atom stereocenters. The summed E-state index contributed by atoms with van der Waals surface area (Å²) in [5.41, 5.74) is 0.701. The zero-order chi connectivity index (χ0) is 14.8. The molecule has 108 valence electrons. The monoisotopic (exact) mass is 305 g/mol. The van der Waals surface area contributed by atoms with E-state index in [1.807, 2.05) is 0 Å². The van der Waals surface area contributed by atoms with Crippen LogP contribution < -0.4 is 5.14 Å². The van der Waals surface area contributed by atoms with Gasteiger partial charge >= 0.3 is 5.97 Å². The summed E-state index contributed by atoms with van der Waals surface area (Å²) in [7, 11) is -3.78. The highest BCUT2D eigenvalue weighted by atomic mass is 32.2. The van der Waals surface area contributed by atoms with Gasteiger partial charge in [-0.1, -0.05) is 20.8 Å². The maximum atomic E-state index is 11.8. The van der Waals surface area contributed by atoms with Gasteiger partial charge in [-0.15, -0.1) is 11.3 Å². The minimum Gasteiger partial charge on any atom is -0.462 e. The van der Waals surface area contributed by atoms with Crippen molar-refractivity contribution >= 4 is 27.3 Å². The summed E-state index contributed by atoms with van der Waals surface area (Å²) in [6.07, 6.45) is 0.740. The average molecular weight is 305 g/mol. The number of hydrogen-bond acceptors (Lipinski definition) is 5. The fraction of sp³-hybridized carbons (Fsp3) is 0.583.